The number of rotatable bonds is 3. The Balaban J connectivity index is 1.40. The van der Waals surface area contributed by atoms with Crippen LogP contribution in [0.25, 0.3) is 4.96 Å². The number of para-hydroxylation sites is 1. The third-order valence-electron chi connectivity index (χ3n) is 5.38. The summed E-state index contributed by atoms with van der Waals surface area (Å²) in [5, 5.41) is 5.81. The van der Waals surface area contributed by atoms with Gasteiger partial charge in [-0.3, -0.25) is 4.40 Å². The standard InChI is InChI=1S/C19H21N3OS/c1-2-6-17-15(5-1)16(11-19(23-17)7-3-4-8-19)20-12-14-13-22-9-10-24-18(22)21-14/h1-2,5-6,9-10,13,16,20H,3-4,7-8,11-12H2/t16-/m1/s1. The number of benzene rings is 1. The largest absolute Gasteiger partial charge is 0.487 e. The molecule has 1 spiro atoms. The molecule has 1 aliphatic carbocycles. The molecule has 5 heteroatoms. The van der Waals surface area contributed by atoms with Crippen LogP contribution in [0.5, 0.6) is 5.75 Å². The SMILES string of the molecule is c1ccc2c(c1)OC1(CCCC1)C[C@H]2NCc1cn2ccsc2n1. The number of thiazole rings is 1. The van der Waals surface area contributed by atoms with Gasteiger partial charge < -0.3 is 10.1 Å². The highest BCUT2D eigenvalue weighted by Crippen LogP contribution is 2.47. The Hall–Kier alpha value is -1.85. The van der Waals surface area contributed by atoms with Crippen LogP contribution in [-0.2, 0) is 6.54 Å². The van der Waals surface area contributed by atoms with Crippen molar-refractivity contribution in [1.82, 2.24) is 14.7 Å². The van der Waals surface area contributed by atoms with Crippen molar-refractivity contribution in [2.75, 3.05) is 0 Å². The Morgan fingerprint density at radius 2 is 2.17 bits per heavy atom. The zero-order valence-electron chi connectivity index (χ0n) is 13.6. The maximum Gasteiger partial charge on any atom is 0.193 e. The topological polar surface area (TPSA) is 38.6 Å². The van der Waals surface area contributed by atoms with Gasteiger partial charge in [-0.1, -0.05) is 18.2 Å². The summed E-state index contributed by atoms with van der Waals surface area (Å²) < 4.78 is 8.54. The minimum absolute atomic E-state index is 0.0422. The molecule has 0 unspecified atom stereocenters. The first-order valence-electron chi connectivity index (χ1n) is 8.74. The molecule has 0 saturated heterocycles. The van der Waals surface area contributed by atoms with E-state index in [1.807, 2.05) is 0 Å². The first-order valence-corrected chi connectivity index (χ1v) is 9.62. The van der Waals surface area contributed by atoms with Gasteiger partial charge in [0.25, 0.3) is 0 Å². The molecule has 1 atom stereocenters. The highest BCUT2D eigenvalue weighted by atomic mass is 32.1. The number of hydrogen-bond acceptors (Lipinski definition) is 4. The average Bonchev–Trinajstić information content (AvgIpc) is 3.29. The maximum atomic E-state index is 6.44. The number of hydrogen-bond donors (Lipinski definition) is 1. The van der Waals surface area contributed by atoms with Crippen LogP contribution < -0.4 is 10.1 Å². The van der Waals surface area contributed by atoms with Crippen molar-refractivity contribution in [2.24, 2.45) is 0 Å². The van der Waals surface area contributed by atoms with Crippen molar-refractivity contribution in [3.8, 4) is 5.75 Å². The number of ether oxygens (including phenoxy) is 1. The lowest BCUT2D eigenvalue weighted by molar-refractivity contribution is 0.0364. The van der Waals surface area contributed by atoms with E-state index in [0.717, 1.165) is 29.4 Å². The van der Waals surface area contributed by atoms with Gasteiger partial charge in [-0.15, -0.1) is 11.3 Å². The minimum atomic E-state index is 0.0422. The van der Waals surface area contributed by atoms with Crippen molar-refractivity contribution < 1.29 is 4.74 Å². The molecule has 1 saturated carbocycles. The van der Waals surface area contributed by atoms with Crippen molar-refractivity contribution >= 4 is 16.3 Å². The summed E-state index contributed by atoms with van der Waals surface area (Å²) in [6, 6.07) is 8.84. The van der Waals surface area contributed by atoms with Crippen molar-refractivity contribution in [2.45, 2.75) is 50.3 Å². The van der Waals surface area contributed by atoms with Gasteiger partial charge in [0.15, 0.2) is 4.96 Å². The van der Waals surface area contributed by atoms with Crippen LogP contribution in [0, 0.1) is 0 Å². The van der Waals surface area contributed by atoms with Gasteiger partial charge in [-0.2, -0.15) is 0 Å². The summed E-state index contributed by atoms with van der Waals surface area (Å²) in [7, 11) is 0. The lowest BCUT2D eigenvalue weighted by Gasteiger charge is -2.40. The van der Waals surface area contributed by atoms with E-state index in [1.165, 1.54) is 31.2 Å². The monoisotopic (exact) mass is 339 g/mol. The fourth-order valence-corrected chi connectivity index (χ4v) is 4.93. The second-order valence-electron chi connectivity index (χ2n) is 6.99. The molecule has 124 valence electrons. The zero-order chi connectivity index (χ0) is 16.0. The molecule has 3 aromatic rings. The van der Waals surface area contributed by atoms with Crippen LogP contribution in [-0.4, -0.2) is 15.0 Å². The van der Waals surface area contributed by atoms with E-state index in [9.17, 15) is 0 Å². The second-order valence-corrected chi connectivity index (χ2v) is 7.87. The summed E-state index contributed by atoms with van der Waals surface area (Å²) in [5.41, 5.74) is 2.43. The Morgan fingerprint density at radius 1 is 1.29 bits per heavy atom. The number of nitrogens with zero attached hydrogens (tertiary/aromatic N) is 2. The van der Waals surface area contributed by atoms with E-state index in [4.69, 9.17) is 4.74 Å². The zero-order valence-corrected chi connectivity index (χ0v) is 14.4. The smallest absolute Gasteiger partial charge is 0.193 e. The summed E-state index contributed by atoms with van der Waals surface area (Å²) in [4.78, 5) is 5.75. The van der Waals surface area contributed by atoms with Gasteiger partial charge in [-0.25, -0.2) is 4.98 Å². The van der Waals surface area contributed by atoms with Crippen LogP contribution in [0.3, 0.4) is 0 Å². The Morgan fingerprint density at radius 3 is 3.04 bits per heavy atom. The van der Waals surface area contributed by atoms with E-state index >= 15 is 0 Å². The number of aromatic nitrogens is 2. The number of imidazole rings is 1. The fourth-order valence-electron chi connectivity index (χ4n) is 4.21. The van der Waals surface area contributed by atoms with Crippen LogP contribution in [0.2, 0.25) is 0 Å². The van der Waals surface area contributed by atoms with E-state index in [0.29, 0.717) is 6.04 Å². The molecule has 3 heterocycles. The number of fused-ring (bicyclic) bond motifs is 2. The Bertz CT molecular complexity index is 834. The molecule has 1 aromatic carbocycles. The van der Waals surface area contributed by atoms with Gasteiger partial charge in [-0.05, 0) is 31.7 Å². The highest BCUT2D eigenvalue weighted by Gasteiger charge is 2.42. The van der Waals surface area contributed by atoms with Gasteiger partial charge >= 0.3 is 0 Å². The Labute approximate surface area is 145 Å². The van der Waals surface area contributed by atoms with Crippen LogP contribution >= 0.6 is 11.3 Å². The molecule has 1 aliphatic heterocycles. The quantitative estimate of drug-likeness (QED) is 0.772. The van der Waals surface area contributed by atoms with Gasteiger partial charge in [0.1, 0.15) is 11.4 Å². The van der Waals surface area contributed by atoms with Crippen LogP contribution in [0.15, 0.2) is 42.0 Å². The van der Waals surface area contributed by atoms with Gasteiger partial charge in [0.05, 0.1) is 5.69 Å². The average molecular weight is 339 g/mol. The van der Waals surface area contributed by atoms with E-state index in [1.54, 1.807) is 11.3 Å². The lowest BCUT2D eigenvalue weighted by atomic mass is 9.86. The predicted molar refractivity (Wildman–Crippen MR) is 95.5 cm³/mol. The molecule has 2 aliphatic rings. The summed E-state index contributed by atoms with van der Waals surface area (Å²) in [6.07, 6.45) is 10.2. The molecule has 1 N–H and O–H groups in total. The molecular formula is C19H21N3OS. The molecule has 2 aromatic heterocycles. The predicted octanol–water partition coefficient (Wildman–Crippen LogP) is 4.32. The second kappa shape index (κ2) is 5.60. The summed E-state index contributed by atoms with van der Waals surface area (Å²) >= 11 is 1.68. The molecule has 4 nitrogen and oxygen atoms in total. The third kappa shape index (κ3) is 2.43. The molecule has 0 radical (unpaired) electrons. The molecule has 24 heavy (non-hydrogen) atoms. The van der Waals surface area contributed by atoms with Crippen molar-refractivity contribution in [3.63, 3.8) is 0 Å². The Kier molecular flexibility index (Phi) is 3.38. The van der Waals surface area contributed by atoms with Crippen molar-refractivity contribution in [3.05, 3.63) is 53.3 Å². The summed E-state index contributed by atoms with van der Waals surface area (Å²) in [6.45, 7) is 0.795. The van der Waals surface area contributed by atoms with Gasteiger partial charge in [0.2, 0.25) is 0 Å². The van der Waals surface area contributed by atoms with E-state index in [2.05, 4.69) is 56.7 Å². The van der Waals surface area contributed by atoms with Crippen LogP contribution in [0.4, 0.5) is 0 Å². The molecule has 1 fully saturated rings. The third-order valence-corrected chi connectivity index (χ3v) is 6.16. The first-order chi connectivity index (χ1) is 11.8. The fraction of sp³-hybridized carbons (Fsp3) is 0.421. The van der Waals surface area contributed by atoms with Gasteiger partial charge in [0, 0.05) is 42.3 Å². The molecule has 5 rings (SSSR count). The first kappa shape index (κ1) is 14.5. The van der Waals surface area contributed by atoms with Crippen LogP contribution in [0.1, 0.15) is 49.4 Å². The van der Waals surface area contributed by atoms with E-state index in [-0.39, 0.29) is 5.60 Å². The maximum absolute atomic E-state index is 6.44. The molecule has 0 bridgehead atoms. The minimum Gasteiger partial charge on any atom is -0.487 e. The number of nitrogens with one attached hydrogen (secondary N) is 1. The molecule has 0 amide bonds. The van der Waals surface area contributed by atoms with E-state index < -0.39 is 0 Å². The summed E-state index contributed by atoms with van der Waals surface area (Å²) in [5.74, 6) is 1.06. The normalized spacial score (nSPS) is 21.9. The lowest BCUT2D eigenvalue weighted by Crippen LogP contribution is -2.42. The van der Waals surface area contributed by atoms with Crippen molar-refractivity contribution in [1.29, 1.82) is 0 Å². The highest BCUT2D eigenvalue weighted by molar-refractivity contribution is 7.15. The molecular weight excluding hydrogens is 318 g/mol.